The highest BCUT2D eigenvalue weighted by Crippen LogP contribution is 2.08. The summed E-state index contributed by atoms with van der Waals surface area (Å²) in [6, 6.07) is 0. The van der Waals surface area contributed by atoms with E-state index in [1.807, 2.05) is 14.1 Å². The number of carbonyl (C=O) groups is 2. The van der Waals surface area contributed by atoms with Crippen LogP contribution in [0.5, 0.6) is 0 Å². The molecule has 0 saturated heterocycles. The molecule has 4 heteroatoms. The summed E-state index contributed by atoms with van der Waals surface area (Å²) in [4.78, 5) is 27.2. The van der Waals surface area contributed by atoms with E-state index >= 15 is 0 Å². The number of aldehydes is 1. The summed E-state index contributed by atoms with van der Waals surface area (Å²) in [5.74, 6) is -0.313. The maximum atomic E-state index is 11.9. The van der Waals surface area contributed by atoms with Crippen LogP contribution < -0.4 is 0 Å². The molecule has 0 saturated carbocycles. The fourth-order valence-corrected chi connectivity index (χ4v) is 1.92. The molecule has 0 bridgehead atoms. The molecule has 0 aromatic heterocycles. The molecule has 0 aliphatic rings. The summed E-state index contributed by atoms with van der Waals surface area (Å²) in [7, 11) is 3.98. The predicted molar refractivity (Wildman–Crippen MR) is 74.8 cm³/mol. The molecule has 0 rings (SSSR count). The maximum Gasteiger partial charge on any atom is 0.143 e. The van der Waals surface area contributed by atoms with Gasteiger partial charge in [-0.3, -0.25) is 4.79 Å². The lowest BCUT2D eigenvalue weighted by Gasteiger charge is -2.19. The van der Waals surface area contributed by atoms with Crippen LogP contribution in [0.3, 0.4) is 0 Å². The first kappa shape index (κ1) is 17.3. The summed E-state index contributed by atoms with van der Waals surface area (Å²) in [6.45, 7) is 7.85. The molecule has 0 spiro atoms. The third-order valence-electron chi connectivity index (χ3n) is 3.26. The Labute approximate surface area is 111 Å². The molecular formula is C14H28N2O2. The van der Waals surface area contributed by atoms with Crippen molar-refractivity contribution in [2.75, 3.05) is 40.3 Å². The zero-order valence-corrected chi connectivity index (χ0v) is 12.3. The van der Waals surface area contributed by atoms with E-state index in [4.69, 9.17) is 0 Å². The molecule has 1 atom stereocenters. The van der Waals surface area contributed by atoms with Gasteiger partial charge in [0.25, 0.3) is 0 Å². The molecule has 0 N–H and O–H groups in total. The molecule has 1 unspecified atom stereocenters. The number of carbonyl (C=O) groups excluding carboxylic acids is 2. The lowest BCUT2D eigenvalue weighted by Crippen LogP contribution is -2.28. The van der Waals surface area contributed by atoms with Crippen LogP contribution in [0.15, 0.2) is 0 Å². The molecule has 0 aromatic carbocycles. The molecule has 0 aliphatic heterocycles. The summed E-state index contributed by atoms with van der Waals surface area (Å²) in [6.07, 6.45) is 2.83. The molecule has 0 aromatic rings. The highest BCUT2D eigenvalue weighted by atomic mass is 16.1. The van der Waals surface area contributed by atoms with Gasteiger partial charge in [-0.05, 0) is 53.1 Å². The van der Waals surface area contributed by atoms with Gasteiger partial charge in [-0.25, -0.2) is 0 Å². The second-order valence-corrected chi connectivity index (χ2v) is 4.93. The Morgan fingerprint density at radius 1 is 1.17 bits per heavy atom. The molecule has 4 nitrogen and oxygen atoms in total. The van der Waals surface area contributed by atoms with Gasteiger partial charge in [-0.2, -0.15) is 0 Å². The van der Waals surface area contributed by atoms with Crippen LogP contribution in [0.4, 0.5) is 0 Å². The van der Waals surface area contributed by atoms with Crippen LogP contribution in [0, 0.1) is 5.92 Å². The molecule has 0 fully saturated rings. The quantitative estimate of drug-likeness (QED) is 0.414. The normalized spacial score (nSPS) is 13.0. The molecule has 0 radical (unpaired) electrons. The Morgan fingerprint density at radius 2 is 1.78 bits per heavy atom. The standard InChI is InChI=1S/C14H28N2O2/c1-5-16(6-2)11-9-13(12-17)14(18)8-7-10-15(3)4/h12-13H,5-11H2,1-4H3. The summed E-state index contributed by atoms with van der Waals surface area (Å²) in [5, 5.41) is 0. The van der Waals surface area contributed by atoms with E-state index in [2.05, 4.69) is 23.6 Å². The average Bonchev–Trinajstić information content (AvgIpc) is 2.34. The Bertz CT molecular complexity index is 238. The minimum absolute atomic E-state index is 0.0963. The van der Waals surface area contributed by atoms with Crippen molar-refractivity contribution >= 4 is 12.1 Å². The van der Waals surface area contributed by atoms with Gasteiger partial charge in [0.1, 0.15) is 12.1 Å². The van der Waals surface area contributed by atoms with Crippen molar-refractivity contribution in [3.05, 3.63) is 0 Å². The number of nitrogens with zero attached hydrogens (tertiary/aromatic N) is 2. The fraction of sp³-hybridized carbons (Fsp3) is 0.857. The Kier molecular flexibility index (Phi) is 9.79. The monoisotopic (exact) mass is 256 g/mol. The Morgan fingerprint density at radius 3 is 2.22 bits per heavy atom. The summed E-state index contributed by atoms with van der Waals surface area (Å²) >= 11 is 0. The van der Waals surface area contributed by atoms with E-state index in [0.717, 1.165) is 38.9 Å². The van der Waals surface area contributed by atoms with Crippen LogP contribution in [0.25, 0.3) is 0 Å². The van der Waals surface area contributed by atoms with Gasteiger partial charge < -0.3 is 14.6 Å². The molecule has 18 heavy (non-hydrogen) atoms. The third kappa shape index (κ3) is 7.56. The highest BCUT2D eigenvalue weighted by molar-refractivity contribution is 5.93. The van der Waals surface area contributed by atoms with Gasteiger partial charge >= 0.3 is 0 Å². The van der Waals surface area contributed by atoms with E-state index in [1.54, 1.807) is 0 Å². The third-order valence-corrected chi connectivity index (χ3v) is 3.26. The number of hydrogen-bond donors (Lipinski definition) is 0. The zero-order chi connectivity index (χ0) is 14.0. The van der Waals surface area contributed by atoms with Crippen molar-refractivity contribution in [2.24, 2.45) is 5.92 Å². The van der Waals surface area contributed by atoms with Gasteiger partial charge in [0, 0.05) is 6.42 Å². The first-order valence-corrected chi connectivity index (χ1v) is 6.90. The smallest absolute Gasteiger partial charge is 0.143 e. The minimum atomic E-state index is -0.409. The van der Waals surface area contributed by atoms with Gasteiger partial charge in [-0.1, -0.05) is 13.8 Å². The lowest BCUT2D eigenvalue weighted by molar-refractivity contribution is -0.127. The molecule has 106 valence electrons. The number of Topliss-reactive ketones (excluding diaryl/α,β-unsaturated/α-hetero) is 1. The van der Waals surface area contributed by atoms with E-state index in [0.29, 0.717) is 12.8 Å². The average molecular weight is 256 g/mol. The second kappa shape index (κ2) is 10.2. The van der Waals surface area contributed by atoms with Gasteiger partial charge in [0.05, 0.1) is 5.92 Å². The second-order valence-electron chi connectivity index (χ2n) is 4.93. The van der Waals surface area contributed by atoms with Crippen LogP contribution in [0.1, 0.15) is 33.1 Å². The minimum Gasteiger partial charge on any atom is -0.309 e. The van der Waals surface area contributed by atoms with Crippen LogP contribution >= 0.6 is 0 Å². The maximum absolute atomic E-state index is 11.9. The Hall–Kier alpha value is -0.740. The predicted octanol–water partition coefficient (Wildman–Crippen LogP) is 1.44. The van der Waals surface area contributed by atoms with Crippen LogP contribution in [0.2, 0.25) is 0 Å². The SMILES string of the molecule is CCN(CC)CCC(C=O)C(=O)CCCN(C)C. The molecular weight excluding hydrogens is 228 g/mol. The molecule has 0 amide bonds. The first-order valence-electron chi connectivity index (χ1n) is 6.90. The molecule has 0 aliphatic carbocycles. The van der Waals surface area contributed by atoms with E-state index in [1.165, 1.54) is 0 Å². The van der Waals surface area contributed by atoms with Gasteiger partial charge in [0.2, 0.25) is 0 Å². The van der Waals surface area contributed by atoms with Crippen molar-refractivity contribution in [3.8, 4) is 0 Å². The molecule has 0 heterocycles. The number of hydrogen-bond acceptors (Lipinski definition) is 4. The topological polar surface area (TPSA) is 40.6 Å². The van der Waals surface area contributed by atoms with Gasteiger partial charge in [-0.15, -0.1) is 0 Å². The van der Waals surface area contributed by atoms with Crippen LogP contribution in [-0.4, -0.2) is 62.1 Å². The van der Waals surface area contributed by atoms with Gasteiger partial charge in [0.15, 0.2) is 0 Å². The van der Waals surface area contributed by atoms with Crippen molar-refractivity contribution in [1.82, 2.24) is 9.80 Å². The van der Waals surface area contributed by atoms with E-state index < -0.39 is 5.92 Å². The highest BCUT2D eigenvalue weighted by Gasteiger charge is 2.17. The van der Waals surface area contributed by atoms with E-state index in [-0.39, 0.29) is 5.78 Å². The zero-order valence-electron chi connectivity index (χ0n) is 12.3. The lowest BCUT2D eigenvalue weighted by atomic mass is 9.98. The summed E-state index contributed by atoms with van der Waals surface area (Å²) < 4.78 is 0. The van der Waals surface area contributed by atoms with Crippen molar-refractivity contribution in [1.29, 1.82) is 0 Å². The largest absolute Gasteiger partial charge is 0.309 e. The first-order chi connectivity index (χ1) is 8.54. The Balaban J connectivity index is 3.99. The number of ketones is 1. The van der Waals surface area contributed by atoms with Crippen molar-refractivity contribution < 1.29 is 9.59 Å². The summed E-state index contributed by atoms with van der Waals surface area (Å²) in [5.41, 5.74) is 0. The van der Waals surface area contributed by atoms with Crippen molar-refractivity contribution in [3.63, 3.8) is 0 Å². The number of rotatable bonds is 11. The van der Waals surface area contributed by atoms with E-state index in [9.17, 15) is 9.59 Å². The fourth-order valence-electron chi connectivity index (χ4n) is 1.92. The van der Waals surface area contributed by atoms with Crippen molar-refractivity contribution in [2.45, 2.75) is 33.1 Å². The van der Waals surface area contributed by atoms with Crippen LogP contribution in [-0.2, 0) is 9.59 Å².